The van der Waals surface area contributed by atoms with Crippen molar-refractivity contribution in [2.24, 2.45) is 0 Å². The lowest BCUT2D eigenvalue weighted by atomic mass is 10.0. The van der Waals surface area contributed by atoms with Crippen LogP contribution >= 0.6 is 0 Å². The highest BCUT2D eigenvalue weighted by Crippen LogP contribution is 2.20. The second-order valence-electron chi connectivity index (χ2n) is 3.55. The summed E-state index contributed by atoms with van der Waals surface area (Å²) < 4.78 is 5.27. The first kappa shape index (κ1) is 9.97. The van der Waals surface area contributed by atoms with Crippen molar-refractivity contribution >= 4 is 11.0 Å². The Morgan fingerprint density at radius 1 is 1.07 bits per heavy atom. The van der Waals surface area contributed by atoms with Gasteiger partial charge in [-0.2, -0.15) is 0 Å². The van der Waals surface area contributed by atoms with Crippen molar-refractivity contribution in [1.82, 2.24) is 0 Å². The Labute approximate surface area is 88.5 Å². The van der Waals surface area contributed by atoms with Crippen molar-refractivity contribution in [1.29, 1.82) is 0 Å². The molecule has 0 saturated heterocycles. The summed E-state index contributed by atoms with van der Waals surface area (Å²) in [6.45, 7) is 4.06. The molecule has 0 aliphatic rings. The van der Waals surface area contributed by atoms with E-state index in [1.165, 1.54) is 0 Å². The molecule has 0 saturated carbocycles. The van der Waals surface area contributed by atoms with Crippen LogP contribution in [0.2, 0.25) is 0 Å². The van der Waals surface area contributed by atoms with Crippen LogP contribution in [0.3, 0.4) is 0 Å². The second-order valence-corrected chi connectivity index (χ2v) is 3.55. The van der Waals surface area contributed by atoms with Crippen LogP contribution in [0.4, 0.5) is 0 Å². The Hall–Kier alpha value is -1.57. The molecule has 0 spiro atoms. The Morgan fingerprint density at radius 2 is 1.73 bits per heavy atom. The third-order valence-corrected chi connectivity index (χ3v) is 2.73. The highest BCUT2D eigenvalue weighted by molar-refractivity contribution is 5.81. The zero-order valence-corrected chi connectivity index (χ0v) is 9.04. The Morgan fingerprint density at radius 3 is 2.40 bits per heavy atom. The molecule has 0 unspecified atom stereocenters. The van der Waals surface area contributed by atoms with Gasteiger partial charge in [0.1, 0.15) is 5.58 Å². The van der Waals surface area contributed by atoms with Crippen LogP contribution in [-0.4, -0.2) is 0 Å². The predicted octanol–water partition coefficient (Wildman–Crippen LogP) is 2.92. The van der Waals surface area contributed by atoms with Gasteiger partial charge in [0.2, 0.25) is 0 Å². The summed E-state index contributed by atoms with van der Waals surface area (Å²) in [5.74, 6) is 0. The maximum absolute atomic E-state index is 11.7. The highest BCUT2D eigenvalue weighted by Gasteiger charge is 2.10. The molecule has 0 N–H and O–H groups in total. The standard InChI is InChI=1S/C13H14O2/c1-3-9-10(4-2)13(14)15-12-8-6-5-7-11(9)12/h5-8H,3-4H2,1-2H3. The van der Waals surface area contributed by atoms with E-state index >= 15 is 0 Å². The molecule has 2 heteroatoms. The van der Waals surface area contributed by atoms with Crippen LogP contribution in [0, 0.1) is 0 Å². The van der Waals surface area contributed by atoms with E-state index in [9.17, 15) is 4.79 Å². The summed E-state index contributed by atoms with van der Waals surface area (Å²) in [5.41, 5.74) is 2.45. The van der Waals surface area contributed by atoms with E-state index < -0.39 is 0 Å². The third kappa shape index (κ3) is 1.56. The average molecular weight is 202 g/mol. The number of aryl methyl sites for hydroxylation is 1. The number of para-hydroxylation sites is 1. The van der Waals surface area contributed by atoms with Crippen LogP contribution in [0.5, 0.6) is 0 Å². The fraction of sp³-hybridized carbons (Fsp3) is 0.308. The minimum atomic E-state index is -0.187. The van der Waals surface area contributed by atoms with Crippen LogP contribution in [0.25, 0.3) is 11.0 Å². The van der Waals surface area contributed by atoms with E-state index in [2.05, 4.69) is 6.92 Å². The van der Waals surface area contributed by atoms with E-state index in [-0.39, 0.29) is 5.63 Å². The Kier molecular flexibility index (Phi) is 2.58. The van der Waals surface area contributed by atoms with E-state index in [0.29, 0.717) is 5.58 Å². The molecule has 0 radical (unpaired) electrons. The third-order valence-electron chi connectivity index (χ3n) is 2.73. The normalized spacial score (nSPS) is 10.8. The molecule has 1 aromatic heterocycles. The lowest BCUT2D eigenvalue weighted by Gasteiger charge is -2.07. The topological polar surface area (TPSA) is 30.2 Å². The molecule has 0 fully saturated rings. The molecule has 0 amide bonds. The van der Waals surface area contributed by atoms with Crippen molar-refractivity contribution in [3.8, 4) is 0 Å². The monoisotopic (exact) mass is 202 g/mol. The number of hydrogen-bond acceptors (Lipinski definition) is 2. The summed E-state index contributed by atoms with van der Waals surface area (Å²) in [5, 5.41) is 1.07. The Bertz CT molecular complexity index is 538. The second kappa shape index (κ2) is 3.89. The van der Waals surface area contributed by atoms with Gasteiger partial charge in [-0.1, -0.05) is 32.0 Å². The maximum atomic E-state index is 11.7. The molecule has 2 aromatic rings. The first-order valence-corrected chi connectivity index (χ1v) is 5.31. The van der Waals surface area contributed by atoms with Crippen molar-refractivity contribution < 1.29 is 4.42 Å². The minimum Gasteiger partial charge on any atom is -0.423 e. The molecule has 0 aliphatic heterocycles. The summed E-state index contributed by atoms with van der Waals surface area (Å²) in [7, 11) is 0. The lowest BCUT2D eigenvalue weighted by molar-refractivity contribution is 0.549. The van der Waals surface area contributed by atoms with Gasteiger partial charge in [0.25, 0.3) is 0 Å². The fourth-order valence-corrected chi connectivity index (χ4v) is 2.01. The molecule has 78 valence electrons. The molecular weight excluding hydrogens is 188 g/mol. The highest BCUT2D eigenvalue weighted by atomic mass is 16.4. The van der Waals surface area contributed by atoms with Gasteiger partial charge in [-0.15, -0.1) is 0 Å². The molecule has 1 aromatic carbocycles. The molecule has 2 nitrogen and oxygen atoms in total. The summed E-state index contributed by atoms with van der Waals surface area (Å²) in [6, 6.07) is 7.71. The molecule has 15 heavy (non-hydrogen) atoms. The largest absolute Gasteiger partial charge is 0.423 e. The predicted molar refractivity (Wildman–Crippen MR) is 61.2 cm³/mol. The number of rotatable bonds is 2. The first-order chi connectivity index (χ1) is 7.27. The van der Waals surface area contributed by atoms with Gasteiger partial charge in [-0.25, -0.2) is 4.79 Å². The van der Waals surface area contributed by atoms with E-state index in [1.54, 1.807) is 0 Å². The van der Waals surface area contributed by atoms with Gasteiger partial charge in [-0.05, 0) is 24.5 Å². The number of hydrogen-bond donors (Lipinski definition) is 0. The van der Waals surface area contributed by atoms with Crippen LogP contribution in [0.1, 0.15) is 25.0 Å². The molecule has 2 rings (SSSR count). The van der Waals surface area contributed by atoms with Gasteiger partial charge in [0, 0.05) is 10.9 Å². The molecule has 1 heterocycles. The fourth-order valence-electron chi connectivity index (χ4n) is 2.01. The zero-order valence-electron chi connectivity index (χ0n) is 9.04. The lowest BCUT2D eigenvalue weighted by Crippen LogP contribution is -2.10. The van der Waals surface area contributed by atoms with Crippen LogP contribution in [-0.2, 0) is 12.8 Å². The number of fused-ring (bicyclic) bond motifs is 1. The van der Waals surface area contributed by atoms with Gasteiger partial charge in [-0.3, -0.25) is 0 Å². The van der Waals surface area contributed by atoms with Crippen molar-refractivity contribution in [2.75, 3.05) is 0 Å². The zero-order chi connectivity index (χ0) is 10.8. The molecule has 0 bridgehead atoms. The first-order valence-electron chi connectivity index (χ1n) is 5.31. The van der Waals surface area contributed by atoms with Gasteiger partial charge in [0.15, 0.2) is 0 Å². The summed E-state index contributed by atoms with van der Waals surface area (Å²) in [6.07, 6.45) is 1.60. The van der Waals surface area contributed by atoms with Crippen LogP contribution < -0.4 is 5.63 Å². The molecule has 0 aliphatic carbocycles. The van der Waals surface area contributed by atoms with Gasteiger partial charge >= 0.3 is 5.63 Å². The quantitative estimate of drug-likeness (QED) is 0.701. The van der Waals surface area contributed by atoms with Gasteiger partial charge in [0.05, 0.1) is 0 Å². The van der Waals surface area contributed by atoms with Crippen molar-refractivity contribution in [2.45, 2.75) is 26.7 Å². The minimum absolute atomic E-state index is 0.187. The maximum Gasteiger partial charge on any atom is 0.339 e. The van der Waals surface area contributed by atoms with Gasteiger partial charge < -0.3 is 4.42 Å². The summed E-state index contributed by atoms with van der Waals surface area (Å²) in [4.78, 5) is 11.7. The molecular formula is C13H14O2. The average Bonchev–Trinajstić information content (AvgIpc) is 2.27. The summed E-state index contributed by atoms with van der Waals surface area (Å²) >= 11 is 0. The van der Waals surface area contributed by atoms with E-state index in [0.717, 1.165) is 29.4 Å². The van der Waals surface area contributed by atoms with E-state index in [4.69, 9.17) is 4.42 Å². The Balaban J connectivity index is 2.91. The van der Waals surface area contributed by atoms with Crippen molar-refractivity contribution in [3.63, 3.8) is 0 Å². The van der Waals surface area contributed by atoms with E-state index in [1.807, 2.05) is 31.2 Å². The SMILES string of the molecule is CCc1c(CC)c2ccccc2oc1=O. The smallest absolute Gasteiger partial charge is 0.339 e. The number of benzene rings is 1. The van der Waals surface area contributed by atoms with Crippen molar-refractivity contribution in [3.05, 3.63) is 45.8 Å². The van der Waals surface area contributed by atoms with Crippen LogP contribution in [0.15, 0.2) is 33.5 Å². The molecule has 0 atom stereocenters.